The molecule has 0 atom stereocenters. The van der Waals surface area contributed by atoms with E-state index in [1.54, 1.807) is 42.6 Å². The standard InChI is InChI=1S/C14H10ClN3O2S/c15-14-11(6-3-9-17-14)18-21(19,20)12-7-1-4-10-5-2-8-16-13(10)12/h1-9,18H. The number of hydrogen-bond acceptors (Lipinski definition) is 4. The summed E-state index contributed by atoms with van der Waals surface area (Å²) in [6.07, 6.45) is 3.04. The second kappa shape index (κ2) is 5.31. The van der Waals surface area contributed by atoms with Crippen molar-refractivity contribution in [2.24, 2.45) is 0 Å². The molecule has 2 aromatic heterocycles. The second-order valence-electron chi connectivity index (χ2n) is 4.28. The molecule has 0 radical (unpaired) electrons. The topological polar surface area (TPSA) is 72.0 Å². The van der Waals surface area contributed by atoms with Crippen LogP contribution in [0.1, 0.15) is 0 Å². The van der Waals surface area contributed by atoms with Crippen molar-refractivity contribution in [3.05, 3.63) is 60.0 Å². The van der Waals surface area contributed by atoms with Crippen LogP contribution in [0.4, 0.5) is 5.69 Å². The van der Waals surface area contributed by atoms with Crippen LogP contribution in [0.15, 0.2) is 59.8 Å². The average Bonchev–Trinajstić information content (AvgIpc) is 2.49. The molecule has 21 heavy (non-hydrogen) atoms. The Morgan fingerprint density at radius 3 is 2.48 bits per heavy atom. The Balaban J connectivity index is 2.11. The molecule has 0 fully saturated rings. The maximum absolute atomic E-state index is 12.5. The van der Waals surface area contributed by atoms with Crippen molar-refractivity contribution in [1.82, 2.24) is 9.97 Å². The number of nitrogens with one attached hydrogen (secondary N) is 1. The molecule has 0 unspecified atom stereocenters. The van der Waals surface area contributed by atoms with Gasteiger partial charge < -0.3 is 0 Å². The van der Waals surface area contributed by atoms with Gasteiger partial charge in [-0.2, -0.15) is 0 Å². The van der Waals surface area contributed by atoms with Gasteiger partial charge in [-0.05, 0) is 24.3 Å². The summed E-state index contributed by atoms with van der Waals surface area (Å²) in [5, 5.41) is 0.840. The van der Waals surface area contributed by atoms with Gasteiger partial charge in [0.1, 0.15) is 4.90 Å². The third-order valence-corrected chi connectivity index (χ3v) is 4.59. The summed E-state index contributed by atoms with van der Waals surface area (Å²) in [5.74, 6) is 0. The second-order valence-corrected chi connectivity index (χ2v) is 6.29. The van der Waals surface area contributed by atoms with Crippen molar-refractivity contribution in [3.8, 4) is 0 Å². The highest BCUT2D eigenvalue weighted by molar-refractivity contribution is 7.93. The molecule has 0 saturated carbocycles. The largest absolute Gasteiger partial charge is 0.276 e. The first-order valence-corrected chi connectivity index (χ1v) is 7.91. The minimum atomic E-state index is -3.80. The van der Waals surface area contributed by atoms with Gasteiger partial charge >= 0.3 is 0 Å². The minimum absolute atomic E-state index is 0.0919. The molecule has 106 valence electrons. The Bertz CT molecular complexity index is 907. The number of fused-ring (bicyclic) bond motifs is 1. The zero-order valence-corrected chi connectivity index (χ0v) is 12.3. The van der Waals surface area contributed by atoms with Crippen molar-refractivity contribution in [2.45, 2.75) is 4.90 Å². The summed E-state index contributed by atoms with van der Waals surface area (Å²) in [7, 11) is -3.80. The van der Waals surface area contributed by atoms with Crippen molar-refractivity contribution < 1.29 is 8.42 Å². The third-order valence-electron chi connectivity index (χ3n) is 2.89. The number of sulfonamides is 1. The van der Waals surface area contributed by atoms with E-state index >= 15 is 0 Å². The normalized spacial score (nSPS) is 11.5. The third kappa shape index (κ3) is 2.68. The van der Waals surface area contributed by atoms with Crippen molar-refractivity contribution in [1.29, 1.82) is 0 Å². The van der Waals surface area contributed by atoms with E-state index in [4.69, 9.17) is 11.6 Å². The first kappa shape index (κ1) is 13.8. The lowest BCUT2D eigenvalue weighted by Crippen LogP contribution is -2.14. The van der Waals surface area contributed by atoms with Crippen molar-refractivity contribution in [2.75, 3.05) is 4.72 Å². The van der Waals surface area contributed by atoms with E-state index in [1.165, 1.54) is 12.3 Å². The fourth-order valence-electron chi connectivity index (χ4n) is 1.95. The first-order valence-electron chi connectivity index (χ1n) is 6.05. The maximum Gasteiger partial charge on any atom is 0.264 e. The number of rotatable bonds is 3. The first-order chi connectivity index (χ1) is 10.1. The summed E-state index contributed by atoms with van der Waals surface area (Å²) in [6, 6.07) is 11.7. The lowest BCUT2D eigenvalue weighted by molar-refractivity contribution is 0.602. The molecule has 1 N–H and O–H groups in total. The van der Waals surface area contributed by atoms with Crippen LogP contribution >= 0.6 is 11.6 Å². The zero-order chi connectivity index (χ0) is 14.9. The van der Waals surface area contributed by atoms with Gasteiger partial charge in [0, 0.05) is 17.8 Å². The van der Waals surface area contributed by atoms with Gasteiger partial charge in [0.05, 0.1) is 11.2 Å². The molecule has 1 aromatic carbocycles. The number of nitrogens with zero attached hydrogens (tertiary/aromatic N) is 2. The van der Waals surface area contributed by atoms with E-state index in [0.29, 0.717) is 5.52 Å². The van der Waals surface area contributed by atoms with Crippen LogP contribution in [0.5, 0.6) is 0 Å². The molecule has 2 heterocycles. The fraction of sp³-hybridized carbons (Fsp3) is 0. The molecule has 3 rings (SSSR count). The van der Waals surface area contributed by atoms with Crippen LogP contribution in [-0.2, 0) is 10.0 Å². The number of benzene rings is 1. The van der Waals surface area contributed by atoms with Crippen LogP contribution in [0.3, 0.4) is 0 Å². The van der Waals surface area contributed by atoms with E-state index in [9.17, 15) is 8.42 Å². The van der Waals surface area contributed by atoms with Gasteiger partial charge in [0.25, 0.3) is 10.0 Å². The maximum atomic E-state index is 12.5. The molecule has 0 aliphatic carbocycles. The molecule has 3 aromatic rings. The fourth-order valence-corrected chi connectivity index (χ4v) is 3.42. The smallest absolute Gasteiger partial charge is 0.264 e. The highest BCUT2D eigenvalue weighted by Crippen LogP contribution is 2.25. The number of hydrogen-bond donors (Lipinski definition) is 1. The van der Waals surface area contributed by atoms with Gasteiger partial charge in [0.2, 0.25) is 0 Å². The summed E-state index contributed by atoms with van der Waals surface area (Å²) in [4.78, 5) is 8.08. The van der Waals surface area contributed by atoms with Crippen LogP contribution in [0, 0.1) is 0 Å². The van der Waals surface area contributed by atoms with Crippen LogP contribution < -0.4 is 4.72 Å². The van der Waals surface area contributed by atoms with E-state index in [2.05, 4.69) is 14.7 Å². The molecular formula is C14H10ClN3O2S. The molecule has 0 bridgehead atoms. The quantitative estimate of drug-likeness (QED) is 0.753. The summed E-state index contributed by atoms with van der Waals surface area (Å²) >= 11 is 5.88. The molecule has 0 saturated heterocycles. The van der Waals surface area contributed by atoms with E-state index < -0.39 is 10.0 Å². The molecule has 0 spiro atoms. The van der Waals surface area contributed by atoms with E-state index in [0.717, 1.165) is 5.39 Å². The molecule has 0 aliphatic rings. The van der Waals surface area contributed by atoms with Gasteiger partial charge in [-0.3, -0.25) is 9.71 Å². The number of aromatic nitrogens is 2. The van der Waals surface area contributed by atoms with Gasteiger partial charge in [0.15, 0.2) is 5.15 Å². The Kier molecular flexibility index (Phi) is 3.48. The summed E-state index contributed by atoms with van der Waals surface area (Å²) in [5.41, 5.74) is 0.639. The predicted molar refractivity (Wildman–Crippen MR) is 81.8 cm³/mol. The Hall–Kier alpha value is -2.18. The lowest BCUT2D eigenvalue weighted by atomic mass is 10.2. The Labute approximate surface area is 126 Å². The van der Waals surface area contributed by atoms with Gasteiger partial charge in [-0.25, -0.2) is 13.4 Å². The molecule has 5 nitrogen and oxygen atoms in total. The summed E-state index contributed by atoms with van der Waals surface area (Å²) in [6.45, 7) is 0. The highest BCUT2D eigenvalue weighted by atomic mass is 35.5. The van der Waals surface area contributed by atoms with Crippen molar-refractivity contribution >= 4 is 38.2 Å². The Morgan fingerprint density at radius 1 is 0.952 bits per heavy atom. The average molecular weight is 320 g/mol. The Morgan fingerprint density at radius 2 is 1.67 bits per heavy atom. The van der Waals surface area contributed by atoms with Gasteiger partial charge in [-0.1, -0.05) is 29.8 Å². The van der Waals surface area contributed by atoms with Gasteiger partial charge in [-0.15, -0.1) is 0 Å². The van der Waals surface area contributed by atoms with Crippen LogP contribution in [0.25, 0.3) is 10.9 Å². The number of pyridine rings is 2. The zero-order valence-electron chi connectivity index (χ0n) is 10.7. The summed E-state index contributed by atoms with van der Waals surface area (Å²) < 4.78 is 27.5. The number of anilines is 1. The minimum Gasteiger partial charge on any atom is -0.276 e. The van der Waals surface area contributed by atoms with Crippen molar-refractivity contribution in [3.63, 3.8) is 0 Å². The monoisotopic (exact) mass is 319 g/mol. The van der Waals surface area contributed by atoms with Crippen LogP contribution in [0.2, 0.25) is 5.15 Å². The van der Waals surface area contributed by atoms with E-state index in [-0.39, 0.29) is 15.7 Å². The molecule has 0 aliphatic heterocycles. The number of halogens is 1. The molecular weight excluding hydrogens is 310 g/mol. The highest BCUT2D eigenvalue weighted by Gasteiger charge is 2.19. The number of para-hydroxylation sites is 1. The van der Waals surface area contributed by atoms with Crippen LogP contribution in [-0.4, -0.2) is 18.4 Å². The SMILES string of the molecule is O=S(=O)(Nc1cccnc1Cl)c1cccc2cccnc12. The predicted octanol–water partition coefficient (Wildman–Crippen LogP) is 3.08. The lowest BCUT2D eigenvalue weighted by Gasteiger charge is -2.10. The van der Waals surface area contributed by atoms with E-state index in [1.807, 2.05) is 0 Å². The molecule has 0 amide bonds. The molecule has 7 heteroatoms.